The molecule has 1 N–H and O–H groups in total. The van der Waals surface area contributed by atoms with Crippen LogP contribution >= 0.6 is 0 Å². The van der Waals surface area contributed by atoms with Crippen molar-refractivity contribution in [1.29, 1.82) is 0 Å². The van der Waals surface area contributed by atoms with Crippen LogP contribution in [-0.4, -0.2) is 61.3 Å². The SMILES string of the molecule is COc1ccc([N+](=O)[O-])c(NCCCN2CCOCC2)n1. The van der Waals surface area contributed by atoms with Crippen molar-refractivity contribution in [3.8, 4) is 5.88 Å². The Morgan fingerprint density at radius 3 is 2.90 bits per heavy atom. The zero-order valence-corrected chi connectivity index (χ0v) is 12.1. The Morgan fingerprint density at radius 2 is 2.24 bits per heavy atom. The monoisotopic (exact) mass is 296 g/mol. The Morgan fingerprint density at radius 1 is 1.48 bits per heavy atom. The molecular weight excluding hydrogens is 276 g/mol. The molecule has 1 fully saturated rings. The van der Waals surface area contributed by atoms with E-state index in [0.717, 1.165) is 39.3 Å². The highest BCUT2D eigenvalue weighted by atomic mass is 16.6. The predicted molar refractivity (Wildman–Crippen MR) is 77.8 cm³/mol. The zero-order valence-electron chi connectivity index (χ0n) is 12.1. The fraction of sp³-hybridized carbons (Fsp3) is 0.615. The van der Waals surface area contributed by atoms with Gasteiger partial charge >= 0.3 is 5.69 Å². The summed E-state index contributed by atoms with van der Waals surface area (Å²) in [6, 6.07) is 2.88. The van der Waals surface area contributed by atoms with Crippen molar-refractivity contribution in [2.24, 2.45) is 0 Å². The first-order chi connectivity index (χ1) is 10.2. The number of nitrogens with one attached hydrogen (secondary N) is 1. The summed E-state index contributed by atoms with van der Waals surface area (Å²) in [5.41, 5.74) is -0.0397. The first-order valence-corrected chi connectivity index (χ1v) is 6.94. The molecule has 1 aliphatic heterocycles. The summed E-state index contributed by atoms with van der Waals surface area (Å²) in [5, 5.41) is 14.0. The molecule has 2 heterocycles. The second kappa shape index (κ2) is 7.75. The van der Waals surface area contributed by atoms with Gasteiger partial charge < -0.3 is 14.8 Å². The average Bonchev–Trinajstić information content (AvgIpc) is 2.52. The third-order valence-electron chi connectivity index (χ3n) is 3.30. The lowest BCUT2D eigenvalue weighted by molar-refractivity contribution is -0.384. The van der Waals surface area contributed by atoms with Gasteiger partial charge in [-0.25, -0.2) is 0 Å². The third-order valence-corrected chi connectivity index (χ3v) is 3.30. The van der Waals surface area contributed by atoms with Crippen LogP contribution < -0.4 is 10.1 Å². The molecule has 2 rings (SSSR count). The highest BCUT2D eigenvalue weighted by molar-refractivity contribution is 5.56. The molecule has 0 aromatic carbocycles. The molecule has 0 aliphatic carbocycles. The Labute approximate surface area is 123 Å². The Bertz CT molecular complexity index is 477. The van der Waals surface area contributed by atoms with Crippen LogP contribution in [0.1, 0.15) is 6.42 Å². The quantitative estimate of drug-likeness (QED) is 0.458. The number of morpholine rings is 1. The van der Waals surface area contributed by atoms with E-state index in [9.17, 15) is 10.1 Å². The van der Waals surface area contributed by atoms with Crippen LogP contribution in [0, 0.1) is 10.1 Å². The minimum absolute atomic E-state index is 0.0397. The number of aromatic nitrogens is 1. The topological polar surface area (TPSA) is 89.8 Å². The molecule has 1 aromatic heterocycles. The van der Waals surface area contributed by atoms with Crippen molar-refractivity contribution in [2.75, 3.05) is 51.8 Å². The molecule has 1 aliphatic rings. The molecule has 8 nitrogen and oxygen atoms in total. The summed E-state index contributed by atoms with van der Waals surface area (Å²) in [7, 11) is 1.48. The van der Waals surface area contributed by atoms with Gasteiger partial charge in [-0.05, 0) is 13.0 Å². The second-order valence-corrected chi connectivity index (χ2v) is 4.71. The smallest absolute Gasteiger partial charge is 0.311 e. The third kappa shape index (κ3) is 4.54. The van der Waals surface area contributed by atoms with Gasteiger partial charge in [-0.1, -0.05) is 0 Å². The number of anilines is 1. The van der Waals surface area contributed by atoms with Gasteiger partial charge in [0, 0.05) is 31.8 Å². The van der Waals surface area contributed by atoms with Crippen LogP contribution in [-0.2, 0) is 4.74 Å². The first kappa shape index (κ1) is 15.5. The van der Waals surface area contributed by atoms with Gasteiger partial charge in [0.1, 0.15) is 0 Å². The molecule has 8 heteroatoms. The second-order valence-electron chi connectivity index (χ2n) is 4.71. The van der Waals surface area contributed by atoms with Crippen molar-refractivity contribution in [1.82, 2.24) is 9.88 Å². The summed E-state index contributed by atoms with van der Waals surface area (Å²) >= 11 is 0. The molecule has 21 heavy (non-hydrogen) atoms. The van der Waals surface area contributed by atoms with Gasteiger partial charge in [0.25, 0.3) is 0 Å². The average molecular weight is 296 g/mol. The largest absolute Gasteiger partial charge is 0.481 e. The molecule has 1 saturated heterocycles. The minimum Gasteiger partial charge on any atom is -0.481 e. The fourth-order valence-corrected chi connectivity index (χ4v) is 2.16. The van der Waals surface area contributed by atoms with Gasteiger partial charge in [-0.15, -0.1) is 0 Å². The predicted octanol–water partition coefficient (Wildman–Crippen LogP) is 1.13. The maximum absolute atomic E-state index is 11.0. The molecule has 116 valence electrons. The number of pyridine rings is 1. The number of nitrogens with zero attached hydrogens (tertiary/aromatic N) is 3. The van der Waals surface area contributed by atoms with Gasteiger partial charge in [-0.2, -0.15) is 4.98 Å². The molecule has 0 spiro atoms. The summed E-state index contributed by atoms with van der Waals surface area (Å²) in [5.74, 6) is 0.609. The number of hydrogen-bond donors (Lipinski definition) is 1. The number of methoxy groups -OCH3 is 1. The summed E-state index contributed by atoms with van der Waals surface area (Å²) in [6.45, 7) is 4.99. The van der Waals surface area contributed by atoms with E-state index in [1.54, 1.807) is 0 Å². The van der Waals surface area contributed by atoms with Crippen LogP contribution in [0.2, 0.25) is 0 Å². The molecule has 0 atom stereocenters. The number of rotatable bonds is 7. The Balaban J connectivity index is 1.84. The van der Waals surface area contributed by atoms with Crippen molar-refractivity contribution in [2.45, 2.75) is 6.42 Å². The first-order valence-electron chi connectivity index (χ1n) is 6.94. The van der Waals surface area contributed by atoms with E-state index >= 15 is 0 Å². The van der Waals surface area contributed by atoms with E-state index < -0.39 is 4.92 Å². The van der Waals surface area contributed by atoms with Crippen LogP contribution in [0.25, 0.3) is 0 Å². The normalized spacial score (nSPS) is 15.7. The Kier molecular flexibility index (Phi) is 5.70. The molecule has 1 aromatic rings. The van der Waals surface area contributed by atoms with Gasteiger partial charge in [0.2, 0.25) is 11.7 Å². The molecule has 0 amide bonds. The van der Waals surface area contributed by atoms with Crippen molar-refractivity contribution < 1.29 is 14.4 Å². The lowest BCUT2D eigenvalue weighted by Gasteiger charge is -2.26. The summed E-state index contributed by atoms with van der Waals surface area (Å²) in [6.07, 6.45) is 0.885. The maximum atomic E-state index is 11.0. The minimum atomic E-state index is -0.448. The molecule has 0 unspecified atom stereocenters. The van der Waals surface area contributed by atoms with Gasteiger partial charge in [0.15, 0.2) is 0 Å². The number of hydrogen-bond acceptors (Lipinski definition) is 7. The van der Waals surface area contributed by atoms with Crippen LogP contribution in [0.15, 0.2) is 12.1 Å². The highest BCUT2D eigenvalue weighted by Crippen LogP contribution is 2.24. The lowest BCUT2D eigenvalue weighted by Crippen LogP contribution is -2.37. The van der Waals surface area contributed by atoms with Crippen LogP contribution in [0.3, 0.4) is 0 Å². The molecule has 0 radical (unpaired) electrons. The van der Waals surface area contributed by atoms with E-state index in [-0.39, 0.29) is 11.5 Å². The Hall–Kier alpha value is -1.93. The van der Waals surface area contributed by atoms with E-state index in [1.165, 1.54) is 19.2 Å². The molecular formula is C13H20N4O4. The fourth-order valence-electron chi connectivity index (χ4n) is 2.16. The zero-order chi connectivity index (χ0) is 15.1. The van der Waals surface area contributed by atoms with Gasteiger partial charge in [-0.3, -0.25) is 15.0 Å². The summed E-state index contributed by atoms with van der Waals surface area (Å²) in [4.78, 5) is 16.9. The lowest BCUT2D eigenvalue weighted by atomic mass is 10.3. The standard InChI is InChI=1S/C13H20N4O4/c1-20-12-4-3-11(17(18)19)13(15-12)14-5-2-6-16-7-9-21-10-8-16/h3-4H,2,5-10H2,1H3,(H,14,15). The molecule has 0 bridgehead atoms. The van der Waals surface area contributed by atoms with Crippen LogP contribution in [0.4, 0.5) is 11.5 Å². The molecule has 0 saturated carbocycles. The number of ether oxygens (including phenoxy) is 2. The maximum Gasteiger partial charge on any atom is 0.311 e. The summed E-state index contributed by atoms with van der Waals surface area (Å²) < 4.78 is 10.3. The van der Waals surface area contributed by atoms with E-state index in [1.807, 2.05) is 0 Å². The number of nitro groups is 1. The van der Waals surface area contributed by atoms with E-state index in [2.05, 4.69) is 15.2 Å². The van der Waals surface area contributed by atoms with E-state index in [4.69, 9.17) is 9.47 Å². The highest BCUT2D eigenvalue weighted by Gasteiger charge is 2.16. The van der Waals surface area contributed by atoms with Crippen molar-refractivity contribution in [3.63, 3.8) is 0 Å². The van der Waals surface area contributed by atoms with Gasteiger partial charge in [0.05, 0.1) is 25.2 Å². The van der Waals surface area contributed by atoms with Crippen LogP contribution in [0.5, 0.6) is 5.88 Å². The van der Waals surface area contributed by atoms with Crippen molar-refractivity contribution >= 4 is 11.5 Å². The van der Waals surface area contributed by atoms with Crippen molar-refractivity contribution in [3.05, 3.63) is 22.2 Å². The van der Waals surface area contributed by atoms with E-state index in [0.29, 0.717) is 12.4 Å².